The van der Waals surface area contributed by atoms with Crippen molar-refractivity contribution in [1.29, 1.82) is 0 Å². The molecule has 0 saturated heterocycles. The number of nitrogens with zero attached hydrogens (tertiary/aromatic N) is 2. The molecule has 4 heteroatoms. The number of hydrogen-bond acceptors (Lipinski definition) is 4. The minimum Gasteiger partial charge on any atom is -0.375 e. The summed E-state index contributed by atoms with van der Waals surface area (Å²) in [5.74, 6) is 0. The lowest BCUT2D eigenvalue weighted by Crippen LogP contribution is -1.87. The predicted molar refractivity (Wildman–Crippen MR) is 44.7 cm³/mol. The molecule has 0 amide bonds. The van der Waals surface area contributed by atoms with E-state index in [1.807, 2.05) is 6.92 Å². The first-order valence-corrected chi connectivity index (χ1v) is 3.70. The number of nitrogens with two attached hydrogens (primary N) is 1. The van der Waals surface area contributed by atoms with Gasteiger partial charge in [0.2, 0.25) is 0 Å². The fraction of sp³-hybridized carbons (Fsp3) is 0.333. The third-order valence-corrected chi connectivity index (χ3v) is 2.15. The van der Waals surface area contributed by atoms with Gasteiger partial charge in [-0.2, -0.15) is 0 Å². The van der Waals surface area contributed by atoms with Gasteiger partial charge in [0.15, 0.2) is 5.13 Å². The zero-order chi connectivity index (χ0) is 7.56. The Labute approximate surface area is 63.6 Å². The van der Waals surface area contributed by atoms with Crippen LogP contribution in [0.25, 0.3) is 0 Å². The number of rotatable bonds is 1. The highest BCUT2D eigenvalue weighted by Gasteiger charge is 1.99. The van der Waals surface area contributed by atoms with E-state index in [1.54, 1.807) is 13.2 Å². The van der Waals surface area contributed by atoms with Gasteiger partial charge < -0.3 is 5.73 Å². The number of nitrogen functional groups attached to an aromatic ring is 1. The van der Waals surface area contributed by atoms with Crippen molar-refractivity contribution in [1.82, 2.24) is 4.98 Å². The molecule has 0 unspecified atom stereocenters. The number of anilines is 1. The minimum absolute atomic E-state index is 0.595. The van der Waals surface area contributed by atoms with Gasteiger partial charge >= 0.3 is 0 Å². The van der Waals surface area contributed by atoms with Crippen LogP contribution in [0.3, 0.4) is 0 Å². The molecule has 0 aliphatic carbocycles. The Morgan fingerprint density at radius 1 is 1.80 bits per heavy atom. The van der Waals surface area contributed by atoms with Gasteiger partial charge in [0.1, 0.15) is 0 Å². The molecule has 0 aliphatic heterocycles. The van der Waals surface area contributed by atoms with E-state index >= 15 is 0 Å². The molecule has 0 fully saturated rings. The molecule has 1 heterocycles. The highest BCUT2D eigenvalue weighted by molar-refractivity contribution is 7.17. The van der Waals surface area contributed by atoms with Crippen molar-refractivity contribution < 1.29 is 0 Å². The molecule has 1 aromatic rings. The number of aromatic nitrogens is 1. The van der Waals surface area contributed by atoms with E-state index in [-0.39, 0.29) is 0 Å². The topological polar surface area (TPSA) is 51.3 Å². The van der Waals surface area contributed by atoms with Crippen LogP contribution in [0.4, 0.5) is 5.13 Å². The third kappa shape index (κ3) is 1.33. The number of aliphatic imine (C=N–C) groups is 1. The lowest BCUT2D eigenvalue weighted by atomic mass is 10.4. The second kappa shape index (κ2) is 2.79. The van der Waals surface area contributed by atoms with Gasteiger partial charge in [-0.15, -0.1) is 0 Å². The molecule has 0 radical (unpaired) electrons. The molecule has 1 aromatic heterocycles. The molecule has 0 bridgehead atoms. The van der Waals surface area contributed by atoms with Crippen LogP contribution in [0.15, 0.2) is 11.2 Å². The summed E-state index contributed by atoms with van der Waals surface area (Å²) >= 11 is 1.46. The fourth-order valence-electron chi connectivity index (χ4n) is 0.565. The standard InChI is InChI=1S/C6H9N3S/c1-4(8-2)5-3-9-6(7)10-5/h3H,1-2H3,(H2,7,9). The average Bonchev–Trinajstić information content (AvgIpc) is 2.34. The van der Waals surface area contributed by atoms with Crippen LogP contribution < -0.4 is 5.73 Å². The zero-order valence-corrected chi connectivity index (χ0v) is 6.77. The Balaban J connectivity index is 2.95. The van der Waals surface area contributed by atoms with Gasteiger partial charge in [0.25, 0.3) is 0 Å². The zero-order valence-electron chi connectivity index (χ0n) is 5.96. The maximum absolute atomic E-state index is 5.42. The number of thiazole rings is 1. The lowest BCUT2D eigenvalue weighted by molar-refractivity contribution is 1.39. The summed E-state index contributed by atoms with van der Waals surface area (Å²) in [6.07, 6.45) is 1.74. The molecule has 10 heavy (non-hydrogen) atoms. The first-order valence-electron chi connectivity index (χ1n) is 2.89. The first kappa shape index (κ1) is 7.21. The summed E-state index contributed by atoms with van der Waals surface area (Å²) in [5, 5.41) is 0.595. The molecule has 0 spiro atoms. The lowest BCUT2D eigenvalue weighted by Gasteiger charge is -1.88. The van der Waals surface area contributed by atoms with Crippen LogP contribution in [0.5, 0.6) is 0 Å². The normalized spacial score (nSPS) is 12.0. The summed E-state index contributed by atoms with van der Waals surface area (Å²) in [4.78, 5) is 8.95. The maximum Gasteiger partial charge on any atom is 0.180 e. The van der Waals surface area contributed by atoms with Gasteiger partial charge in [-0.3, -0.25) is 4.99 Å². The number of hydrogen-bond donors (Lipinski definition) is 1. The minimum atomic E-state index is 0.595. The smallest absolute Gasteiger partial charge is 0.180 e. The van der Waals surface area contributed by atoms with Gasteiger partial charge in [0, 0.05) is 13.2 Å². The second-order valence-corrected chi connectivity index (χ2v) is 2.93. The molecule has 0 saturated carbocycles. The van der Waals surface area contributed by atoms with Crippen LogP contribution >= 0.6 is 11.3 Å². The molecule has 0 aromatic carbocycles. The van der Waals surface area contributed by atoms with Gasteiger partial charge in [-0.1, -0.05) is 11.3 Å². The van der Waals surface area contributed by atoms with E-state index in [0.29, 0.717) is 5.13 Å². The van der Waals surface area contributed by atoms with E-state index < -0.39 is 0 Å². The van der Waals surface area contributed by atoms with Crippen LogP contribution in [-0.2, 0) is 0 Å². The van der Waals surface area contributed by atoms with Gasteiger partial charge in [-0.25, -0.2) is 4.98 Å². The van der Waals surface area contributed by atoms with E-state index in [1.165, 1.54) is 11.3 Å². The highest BCUT2D eigenvalue weighted by atomic mass is 32.1. The molecule has 0 aliphatic rings. The van der Waals surface area contributed by atoms with Crippen molar-refractivity contribution in [3.63, 3.8) is 0 Å². The van der Waals surface area contributed by atoms with E-state index in [9.17, 15) is 0 Å². The van der Waals surface area contributed by atoms with Crippen molar-refractivity contribution >= 4 is 22.2 Å². The first-order chi connectivity index (χ1) is 4.74. The summed E-state index contributed by atoms with van der Waals surface area (Å²) in [5.41, 5.74) is 6.40. The quantitative estimate of drug-likeness (QED) is 0.619. The highest BCUT2D eigenvalue weighted by Crippen LogP contribution is 2.14. The van der Waals surface area contributed by atoms with Crippen molar-refractivity contribution in [3.05, 3.63) is 11.1 Å². The second-order valence-electron chi connectivity index (χ2n) is 1.87. The van der Waals surface area contributed by atoms with Gasteiger partial charge in [0.05, 0.1) is 10.6 Å². The Morgan fingerprint density at radius 3 is 2.90 bits per heavy atom. The largest absolute Gasteiger partial charge is 0.375 e. The maximum atomic E-state index is 5.42. The van der Waals surface area contributed by atoms with E-state index in [4.69, 9.17) is 5.73 Å². The molecule has 1 rings (SSSR count). The molecule has 2 N–H and O–H groups in total. The van der Waals surface area contributed by atoms with Crippen molar-refractivity contribution in [2.24, 2.45) is 4.99 Å². The predicted octanol–water partition coefficient (Wildman–Crippen LogP) is 1.16. The monoisotopic (exact) mass is 155 g/mol. The van der Waals surface area contributed by atoms with Crippen LogP contribution in [-0.4, -0.2) is 17.7 Å². The Bertz CT molecular complexity index is 251. The van der Waals surface area contributed by atoms with Crippen molar-refractivity contribution in [2.75, 3.05) is 12.8 Å². The molecule has 54 valence electrons. The van der Waals surface area contributed by atoms with Crippen molar-refractivity contribution in [3.8, 4) is 0 Å². The van der Waals surface area contributed by atoms with Crippen LogP contribution in [0, 0.1) is 0 Å². The van der Waals surface area contributed by atoms with E-state index in [0.717, 1.165) is 10.6 Å². The Hall–Kier alpha value is -0.900. The molecular formula is C6H9N3S. The SMILES string of the molecule is CN=C(C)c1cnc(N)s1. The van der Waals surface area contributed by atoms with Crippen LogP contribution in [0.1, 0.15) is 11.8 Å². The molecule has 3 nitrogen and oxygen atoms in total. The summed E-state index contributed by atoms with van der Waals surface area (Å²) in [6, 6.07) is 0. The fourth-order valence-corrected chi connectivity index (χ4v) is 1.24. The van der Waals surface area contributed by atoms with Crippen molar-refractivity contribution in [2.45, 2.75) is 6.92 Å². The van der Waals surface area contributed by atoms with Gasteiger partial charge in [-0.05, 0) is 6.92 Å². The van der Waals surface area contributed by atoms with E-state index in [2.05, 4.69) is 9.98 Å². The third-order valence-electron chi connectivity index (χ3n) is 1.22. The Kier molecular flexibility index (Phi) is 2.01. The summed E-state index contributed by atoms with van der Waals surface area (Å²) in [7, 11) is 1.76. The summed E-state index contributed by atoms with van der Waals surface area (Å²) < 4.78 is 0. The van der Waals surface area contributed by atoms with Crippen LogP contribution in [0.2, 0.25) is 0 Å². The summed E-state index contributed by atoms with van der Waals surface area (Å²) in [6.45, 7) is 1.94. The Morgan fingerprint density at radius 2 is 2.50 bits per heavy atom. The average molecular weight is 155 g/mol. The molecular weight excluding hydrogens is 146 g/mol. The molecule has 0 atom stereocenters.